The van der Waals surface area contributed by atoms with Gasteiger partial charge in [0.2, 0.25) is 15.7 Å². The van der Waals surface area contributed by atoms with Crippen molar-refractivity contribution in [2.45, 2.75) is 36.0 Å². The van der Waals surface area contributed by atoms with Gasteiger partial charge in [0, 0.05) is 38.3 Å². The van der Waals surface area contributed by atoms with Crippen LogP contribution in [-0.4, -0.2) is 52.5 Å². The van der Waals surface area contributed by atoms with Crippen LogP contribution in [0.15, 0.2) is 58.3 Å². The van der Waals surface area contributed by atoms with Crippen LogP contribution in [0.4, 0.5) is 11.4 Å². The van der Waals surface area contributed by atoms with Crippen molar-refractivity contribution in [3.05, 3.63) is 48.5 Å². The van der Waals surface area contributed by atoms with Gasteiger partial charge in [-0.2, -0.15) is 0 Å². The lowest BCUT2D eigenvalue weighted by molar-refractivity contribution is -0.116. The molecule has 2 aromatic rings. The van der Waals surface area contributed by atoms with Crippen LogP contribution in [0.25, 0.3) is 0 Å². The molecular formula is C22H29N3O3S. The number of rotatable bonds is 7. The molecule has 6 nitrogen and oxygen atoms in total. The average molecular weight is 416 g/mol. The summed E-state index contributed by atoms with van der Waals surface area (Å²) in [5.74, 6) is -0.160. The van der Waals surface area contributed by atoms with Crippen LogP contribution in [0.3, 0.4) is 0 Å². The van der Waals surface area contributed by atoms with Gasteiger partial charge in [0.1, 0.15) is 0 Å². The number of carbonyl (C=O) groups excluding carboxylic acids is 1. The van der Waals surface area contributed by atoms with E-state index in [4.69, 9.17) is 0 Å². The molecular weight excluding hydrogens is 386 g/mol. The Labute approximate surface area is 173 Å². The number of nitrogens with zero attached hydrogens (tertiary/aromatic N) is 2. The number of piperazine rings is 1. The van der Waals surface area contributed by atoms with Gasteiger partial charge in [-0.05, 0) is 43.8 Å². The number of likely N-dealkylation sites (N-methyl/N-ethyl adjacent to an activating group) is 1. The highest BCUT2D eigenvalue weighted by Gasteiger charge is 2.24. The van der Waals surface area contributed by atoms with Crippen LogP contribution in [0.5, 0.6) is 0 Å². The first kappa shape index (κ1) is 21.3. The van der Waals surface area contributed by atoms with Gasteiger partial charge < -0.3 is 15.1 Å². The van der Waals surface area contributed by atoms with E-state index in [1.165, 1.54) is 0 Å². The van der Waals surface area contributed by atoms with E-state index < -0.39 is 9.84 Å². The molecule has 1 amide bonds. The van der Waals surface area contributed by atoms with Gasteiger partial charge in [-0.1, -0.05) is 31.5 Å². The second-order valence-electron chi connectivity index (χ2n) is 7.44. The number of sulfone groups is 1. The second-order valence-corrected chi connectivity index (χ2v) is 9.36. The summed E-state index contributed by atoms with van der Waals surface area (Å²) in [5.41, 5.74) is 1.28. The van der Waals surface area contributed by atoms with E-state index in [0.717, 1.165) is 44.7 Å². The molecule has 1 fully saturated rings. The Morgan fingerprint density at radius 2 is 1.72 bits per heavy atom. The zero-order chi connectivity index (χ0) is 20.9. The molecule has 0 unspecified atom stereocenters. The van der Waals surface area contributed by atoms with E-state index in [0.29, 0.717) is 12.1 Å². The molecule has 0 bridgehead atoms. The number of hydrogen-bond acceptors (Lipinski definition) is 5. The quantitative estimate of drug-likeness (QED) is 0.751. The molecule has 1 heterocycles. The molecule has 0 radical (unpaired) electrons. The van der Waals surface area contributed by atoms with Gasteiger partial charge in [-0.25, -0.2) is 8.42 Å². The Bertz CT molecular complexity index is 937. The Hall–Kier alpha value is -2.38. The molecule has 7 heteroatoms. The van der Waals surface area contributed by atoms with Gasteiger partial charge in [0.25, 0.3) is 0 Å². The summed E-state index contributed by atoms with van der Waals surface area (Å²) in [6.07, 6.45) is 2.05. The molecule has 1 aliphatic rings. The van der Waals surface area contributed by atoms with Crippen molar-refractivity contribution in [3.8, 4) is 0 Å². The molecule has 0 saturated carbocycles. The molecule has 0 atom stereocenters. The molecule has 0 spiro atoms. The van der Waals surface area contributed by atoms with Crippen LogP contribution >= 0.6 is 0 Å². The van der Waals surface area contributed by atoms with Crippen molar-refractivity contribution in [1.82, 2.24) is 4.90 Å². The highest BCUT2D eigenvalue weighted by Crippen LogP contribution is 2.32. The minimum Gasteiger partial charge on any atom is -0.369 e. The highest BCUT2D eigenvalue weighted by molar-refractivity contribution is 7.91. The van der Waals surface area contributed by atoms with Crippen molar-refractivity contribution in [2.24, 2.45) is 0 Å². The first-order valence-electron chi connectivity index (χ1n) is 10.1. The van der Waals surface area contributed by atoms with Gasteiger partial charge in [0.05, 0.1) is 15.5 Å². The number of carbonyl (C=O) groups is 1. The summed E-state index contributed by atoms with van der Waals surface area (Å²) in [4.78, 5) is 17.2. The molecule has 0 aliphatic carbocycles. The van der Waals surface area contributed by atoms with E-state index in [1.54, 1.807) is 42.5 Å². The van der Waals surface area contributed by atoms with E-state index in [2.05, 4.69) is 22.2 Å². The van der Waals surface area contributed by atoms with Crippen LogP contribution in [0, 0.1) is 0 Å². The number of unbranched alkanes of at least 4 members (excludes halogenated alkanes) is 1. The van der Waals surface area contributed by atoms with Crippen LogP contribution < -0.4 is 10.2 Å². The molecule has 0 aromatic heterocycles. The normalized spacial score (nSPS) is 15.3. The third kappa shape index (κ3) is 5.16. The maximum atomic E-state index is 13.2. The molecule has 2 aromatic carbocycles. The molecule has 29 heavy (non-hydrogen) atoms. The van der Waals surface area contributed by atoms with Crippen molar-refractivity contribution in [1.29, 1.82) is 0 Å². The van der Waals surface area contributed by atoms with Crippen LogP contribution in [0.1, 0.15) is 26.2 Å². The first-order valence-corrected chi connectivity index (χ1v) is 11.6. The lowest BCUT2D eigenvalue weighted by Crippen LogP contribution is -2.44. The maximum absolute atomic E-state index is 13.2. The van der Waals surface area contributed by atoms with Gasteiger partial charge in [-0.3, -0.25) is 4.79 Å². The predicted octanol–water partition coefficient (Wildman–Crippen LogP) is 3.40. The summed E-state index contributed by atoms with van der Waals surface area (Å²) in [7, 11) is -1.64. The van der Waals surface area contributed by atoms with Crippen molar-refractivity contribution < 1.29 is 13.2 Å². The van der Waals surface area contributed by atoms with Gasteiger partial charge in [0.15, 0.2) is 0 Å². The average Bonchev–Trinajstić information content (AvgIpc) is 2.73. The summed E-state index contributed by atoms with van der Waals surface area (Å²) in [5, 5.41) is 2.85. The number of benzene rings is 2. The number of anilines is 2. The zero-order valence-electron chi connectivity index (χ0n) is 17.1. The Morgan fingerprint density at radius 1 is 1.03 bits per heavy atom. The smallest absolute Gasteiger partial charge is 0.224 e. The fraction of sp³-hybridized carbons (Fsp3) is 0.409. The van der Waals surface area contributed by atoms with Gasteiger partial charge >= 0.3 is 0 Å². The third-order valence-electron chi connectivity index (χ3n) is 5.21. The number of amides is 1. The lowest BCUT2D eigenvalue weighted by atomic mass is 10.2. The highest BCUT2D eigenvalue weighted by atomic mass is 32.2. The lowest BCUT2D eigenvalue weighted by Gasteiger charge is -2.34. The summed E-state index contributed by atoms with van der Waals surface area (Å²) in [6, 6.07) is 13.6. The fourth-order valence-corrected chi connectivity index (χ4v) is 4.80. The van der Waals surface area contributed by atoms with E-state index in [-0.39, 0.29) is 15.7 Å². The van der Waals surface area contributed by atoms with Crippen LogP contribution in [-0.2, 0) is 14.6 Å². The minimum absolute atomic E-state index is 0.131. The third-order valence-corrected chi connectivity index (χ3v) is 7.03. The molecule has 1 N–H and O–H groups in total. The Morgan fingerprint density at radius 3 is 2.38 bits per heavy atom. The first-order chi connectivity index (χ1) is 13.9. The molecule has 1 aliphatic heterocycles. The summed E-state index contributed by atoms with van der Waals surface area (Å²) >= 11 is 0. The predicted molar refractivity (Wildman–Crippen MR) is 116 cm³/mol. The topological polar surface area (TPSA) is 69.7 Å². The molecule has 156 valence electrons. The number of hydrogen-bond donors (Lipinski definition) is 1. The Kier molecular flexibility index (Phi) is 6.92. The summed E-state index contributed by atoms with van der Waals surface area (Å²) in [6.45, 7) is 5.64. The van der Waals surface area contributed by atoms with Crippen LogP contribution in [0.2, 0.25) is 0 Å². The molecule has 3 rings (SSSR count). The minimum atomic E-state index is -3.73. The summed E-state index contributed by atoms with van der Waals surface area (Å²) < 4.78 is 26.4. The van der Waals surface area contributed by atoms with E-state index in [9.17, 15) is 13.2 Å². The zero-order valence-corrected chi connectivity index (χ0v) is 17.9. The monoisotopic (exact) mass is 415 g/mol. The standard InChI is InChI=1S/C22H29N3O3S/c1-3-4-10-22(26)23-20-17-18(25-15-13-24(2)14-16-25)11-12-21(20)29(27,28)19-8-6-5-7-9-19/h5-9,11-12,17H,3-4,10,13-16H2,1-2H3,(H,23,26). The van der Waals surface area contributed by atoms with Gasteiger partial charge in [-0.15, -0.1) is 0 Å². The van der Waals surface area contributed by atoms with E-state index >= 15 is 0 Å². The fourth-order valence-electron chi connectivity index (χ4n) is 3.39. The largest absolute Gasteiger partial charge is 0.369 e. The van der Waals surface area contributed by atoms with Crippen molar-refractivity contribution >= 4 is 27.1 Å². The van der Waals surface area contributed by atoms with E-state index in [1.807, 2.05) is 13.0 Å². The maximum Gasteiger partial charge on any atom is 0.224 e. The van der Waals surface area contributed by atoms with Crippen molar-refractivity contribution in [3.63, 3.8) is 0 Å². The Balaban J connectivity index is 1.97. The molecule has 1 saturated heterocycles. The number of nitrogens with one attached hydrogen (secondary N) is 1. The second kappa shape index (κ2) is 9.41. The van der Waals surface area contributed by atoms with Crippen molar-refractivity contribution in [2.75, 3.05) is 43.4 Å². The SMILES string of the molecule is CCCCC(=O)Nc1cc(N2CCN(C)CC2)ccc1S(=O)(=O)c1ccccc1.